The van der Waals surface area contributed by atoms with Crippen LogP contribution in [-0.2, 0) is 0 Å². The van der Waals surface area contributed by atoms with E-state index < -0.39 is 0 Å². The van der Waals surface area contributed by atoms with E-state index in [9.17, 15) is 4.39 Å². The number of thiophene rings is 1. The van der Waals surface area contributed by atoms with E-state index in [1.165, 1.54) is 54.2 Å². The van der Waals surface area contributed by atoms with Gasteiger partial charge in [-0.3, -0.25) is 0 Å². The zero-order valence-electron chi connectivity index (χ0n) is 28.7. The first-order valence-corrected chi connectivity index (χ1v) is 18.7. The van der Waals surface area contributed by atoms with Gasteiger partial charge in [-0.25, -0.2) is 4.39 Å². The predicted octanol–water partition coefficient (Wildman–Crippen LogP) is 15.0. The average Bonchev–Trinajstić information content (AvgIpc) is 3.59. The topological polar surface area (TPSA) is 3.24 Å². The molecule has 0 aliphatic carbocycles. The predicted molar refractivity (Wildman–Crippen MR) is 225 cm³/mol. The van der Waals surface area contributed by atoms with Crippen molar-refractivity contribution in [2.75, 3.05) is 4.90 Å². The number of rotatable bonds is 6. The van der Waals surface area contributed by atoms with Gasteiger partial charge in [0.05, 0.1) is 0 Å². The third-order valence-electron chi connectivity index (χ3n) is 10.3. The van der Waals surface area contributed by atoms with Gasteiger partial charge in [0.15, 0.2) is 0 Å². The molecule has 0 aliphatic rings. The van der Waals surface area contributed by atoms with Crippen molar-refractivity contribution >= 4 is 70.1 Å². The van der Waals surface area contributed by atoms with E-state index in [0.717, 1.165) is 50.1 Å². The van der Waals surface area contributed by atoms with Crippen LogP contribution in [0.1, 0.15) is 0 Å². The normalized spacial score (nSPS) is 11.5. The van der Waals surface area contributed by atoms with E-state index in [-0.39, 0.29) is 5.82 Å². The van der Waals surface area contributed by atoms with Crippen molar-refractivity contribution in [3.05, 3.63) is 200 Å². The summed E-state index contributed by atoms with van der Waals surface area (Å²) in [4.78, 5) is 2.39. The van der Waals surface area contributed by atoms with Crippen LogP contribution in [0.25, 0.3) is 75.1 Å². The van der Waals surface area contributed by atoms with Crippen LogP contribution in [0.5, 0.6) is 0 Å². The molecule has 0 fully saturated rings. The lowest BCUT2D eigenvalue weighted by molar-refractivity contribution is 0.628. The summed E-state index contributed by atoms with van der Waals surface area (Å²) in [5.41, 5.74) is 10.0. The van der Waals surface area contributed by atoms with Crippen LogP contribution in [0.2, 0.25) is 0 Å². The molecule has 0 unspecified atom stereocenters. The minimum absolute atomic E-state index is 0.233. The molecule has 0 bridgehead atoms. The van der Waals surface area contributed by atoms with Crippen molar-refractivity contribution in [1.82, 2.24) is 0 Å². The summed E-state index contributed by atoms with van der Waals surface area (Å²) in [5.74, 6) is -0.233. The number of halogens is 1. The molecule has 0 radical (unpaired) electrons. The lowest BCUT2D eigenvalue weighted by atomic mass is 9.91. The fraction of sp³-hybridized carbons (Fsp3) is 0. The SMILES string of the molecule is Fc1ccc(-c2cccc3cccc(-c4ccc(N(c5cc(-c6ccccc6)c6ccccc6c5)c5ccc6sc7ccccc7c6c5)cc4)c23)cc1. The Labute approximate surface area is 311 Å². The van der Waals surface area contributed by atoms with Gasteiger partial charge < -0.3 is 4.90 Å². The van der Waals surface area contributed by atoms with E-state index in [0.29, 0.717) is 0 Å². The van der Waals surface area contributed by atoms with Crippen molar-refractivity contribution in [3.8, 4) is 33.4 Å². The number of benzene rings is 9. The molecular weight excluding hydrogens is 666 g/mol. The van der Waals surface area contributed by atoms with Crippen molar-refractivity contribution in [1.29, 1.82) is 0 Å². The van der Waals surface area contributed by atoms with Crippen LogP contribution in [-0.4, -0.2) is 0 Å². The first-order valence-electron chi connectivity index (χ1n) is 17.9. The molecule has 1 aromatic heterocycles. The molecule has 3 heteroatoms. The number of anilines is 3. The maximum absolute atomic E-state index is 13.9. The second-order valence-electron chi connectivity index (χ2n) is 13.5. The highest BCUT2D eigenvalue weighted by Gasteiger charge is 2.18. The van der Waals surface area contributed by atoms with E-state index in [4.69, 9.17) is 0 Å². The largest absolute Gasteiger partial charge is 0.310 e. The number of hydrogen-bond acceptors (Lipinski definition) is 2. The van der Waals surface area contributed by atoms with E-state index >= 15 is 0 Å². The highest BCUT2D eigenvalue weighted by Crippen LogP contribution is 2.44. The lowest BCUT2D eigenvalue weighted by Crippen LogP contribution is -2.10. The molecule has 0 spiro atoms. The summed E-state index contributed by atoms with van der Waals surface area (Å²) in [6, 6.07) is 68.1. The fourth-order valence-corrected chi connectivity index (χ4v) is 8.91. The Hall–Kier alpha value is -6.55. The number of fused-ring (bicyclic) bond motifs is 5. The summed E-state index contributed by atoms with van der Waals surface area (Å²) in [7, 11) is 0. The maximum Gasteiger partial charge on any atom is 0.123 e. The van der Waals surface area contributed by atoms with Crippen LogP contribution >= 0.6 is 11.3 Å². The van der Waals surface area contributed by atoms with Crippen LogP contribution in [0.4, 0.5) is 21.5 Å². The minimum atomic E-state index is -0.233. The zero-order chi connectivity index (χ0) is 35.3. The van der Waals surface area contributed by atoms with Crippen LogP contribution in [0.3, 0.4) is 0 Å². The molecule has 0 atom stereocenters. The third-order valence-corrected chi connectivity index (χ3v) is 11.5. The van der Waals surface area contributed by atoms with Crippen molar-refractivity contribution < 1.29 is 4.39 Å². The van der Waals surface area contributed by atoms with Crippen LogP contribution in [0.15, 0.2) is 194 Å². The fourth-order valence-electron chi connectivity index (χ4n) is 7.82. The molecule has 0 aliphatic heterocycles. The summed E-state index contributed by atoms with van der Waals surface area (Å²) in [6.07, 6.45) is 0. The Morgan fingerprint density at radius 3 is 1.70 bits per heavy atom. The monoisotopic (exact) mass is 697 g/mol. The first-order chi connectivity index (χ1) is 26.2. The molecule has 10 rings (SSSR count). The van der Waals surface area contributed by atoms with Crippen LogP contribution < -0.4 is 4.90 Å². The summed E-state index contributed by atoms with van der Waals surface area (Å²) in [5, 5.41) is 7.26. The summed E-state index contributed by atoms with van der Waals surface area (Å²) in [6.45, 7) is 0. The maximum atomic E-state index is 13.9. The quantitative estimate of drug-likeness (QED) is 0.167. The Morgan fingerprint density at radius 2 is 0.943 bits per heavy atom. The average molecular weight is 698 g/mol. The second-order valence-corrected chi connectivity index (χ2v) is 14.5. The Morgan fingerprint density at radius 1 is 0.358 bits per heavy atom. The minimum Gasteiger partial charge on any atom is -0.310 e. The van der Waals surface area contributed by atoms with Crippen molar-refractivity contribution in [2.45, 2.75) is 0 Å². The van der Waals surface area contributed by atoms with Gasteiger partial charge in [-0.15, -0.1) is 11.3 Å². The molecule has 53 heavy (non-hydrogen) atoms. The van der Waals surface area contributed by atoms with Gasteiger partial charge in [0.25, 0.3) is 0 Å². The number of hydrogen-bond donors (Lipinski definition) is 0. The van der Waals surface area contributed by atoms with E-state index in [2.05, 4.69) is 175 Å². The Balaban J connectivity index is 1.16. The molecule has 10 aromatic rings. The molecule has 1 nitrogen and oxygen atoms in total. The van der Waals surface area contributed by atoms with E-state index in [1.54, 1.807) is 0 Å². The molecular formula is C50H32FNS. The zero-order valence-corrected chi connectivity index (χ0v) is 29.5. The van der Waals surface area contributed by atoms with Gasteiger partial charge in [0, 0.05) is 37.2 Å². The summed E-state index contributed by atoms with van der Waals surface area (Å²) >= 11 is 1.84. The highest BCUT2D eigenvalue weighted by atomic mass is 32.1. The number of nitrogens with zero attached hydrogens (tertiary/aromatic N) is 1. The smallest absolute Gasteiger partial charge is 0.123 e. The van der Waals surface area contributed by atoms with Gasteiger partial charge in [-0.2, -0.15) is 0 Å². The molecule has 0 saturated heterocycles. The van der Waals surface area contributed by atoms with Crippen molar-refractivity contribution in [3.63, 3.8) is 0 Å². The molecule has 0 amide bonds. The first kappa shape index (κ1) is 31.2. The van der Waals surface area contributed by atoms with Gasteiger partial charge in [0.1, 0.15) is 5.82 Å². The van der Waals surface area contributed by atoms with Gasteiger partial charge in [-0.1, -0.05) is 133 Å². The van der Waals surface area contributed by atoms with Gasteiger partial charge in [-0.05, 0) is 116 Å². The van der Waals surface area contributed by atoms with E-state index in [1.807, 2.05) is 23.5 Å². The molecule has 250 valence electrons. The van der Waals surface area contributed by atoms with Crippen LogP contribution in [0, 0.1) is 5.82 Å². The standard InChI is InChI=1S/C50H32FNS/c51-38-24-20-34(21-25-38)43-17-8-13-36-14-9-18-44(50(36)43)35-22-26-39(27-23-35)52(40-28-29-49-47(31-40)45-16-6-7-19-48(45)53-49)41-30-37-12-4-5-15-42(37)46(32-41)33-10-2-1-3-11-33/h1-32H. The van der Waals surface area contributed by atoms with Gasteiger partial charge in [0.2, 0.25) is 0 Å². The highest BCUT2D eigenvalue weighted by molar-refractivity contribution is 7.25. The Kier molecular flexibility index (Phi) is 7.59. The molecule has 0 saturated carbocycles. The van der Waals surface area contributed by atoms with Crippen molar-refractivity contribution in [2.24, 2.45) is 0 Å². The summed E-state index contributed by atoms with van der Waals surface area (Å²) < 4.78 is 16.5. The molecule has 0 N–H and O–H groups in total. The molecule has 1 heterocycles. The van der Waals surface area contributed by atoms with Gasteiger partial charge >= 0.3 is 0 Å². The Bertz CT molecular complexity index is 2940. The lowest BCUT2D eigenvalue weighted by Gasteiger charge is -2.27. The third kappa shape index (κ3) is 5.54. The second kappa shape index (κ2) is 12.9. The molecule has 9 aromatic carbocycles.